The number of rotatable bonds is 6. The van der Waals surface area contributed by atoms with Gasteiger partial charge in [0.15, 0.2) is 5.91 Å². The highest BCUT2D eigenvalue weighted by Crippen LogP contribution is 2.37. The maximum absolute atomic E-state index is 10.1. The van der Waals surface area contributed by atoms with Gasteiger partial charge in [0.05, 0.1) is 0 Å². The Bertz CT molecular complexity index is 134. The second-order valence-electron chi connectivity index (χ2n) is 2.29. The molecule has 0 rings (SSSR count). The van der Waals surface area contributed by atoms with Crippen molar-refractivity contribution in [1.29, 1.82) is 0 Å². The zero-order valence-electron chi connectivity index (χ0n) is 6.22. The zero-order valence-corrected chi connectivity index (χ0v) is 9.70. The Morgan fingerprint density at radius 3 is 2.55 bits per heavy atom. The number of halogens is 1. The molecule has 2 nitrogen and oxygen atoms in total. The second-order valence-corrected chi connectivity index (χ2v) is 9.61. The topological polar surface area (TPSA) is 37.3 Å². The van der Waals surface area contributed by atoms with Crippen LogP contribution >= 0.6 is 29.9 Å². The Kier molecular flexibility index (Phi) is 7.57. The smallest absolute Gasteiger partial charge is 0.303 e. The van der Waals surface area contributed by atoms with E-state index in [1.54, 1.807) is 0 Å². The zero-order chi connectivity index (χ0) is 8.69. The lowest BCUT2D eigenvalue weighted by Crippen LogP contribution is -1.93. The predicted molar refractivity (Wildman–Crippen MR) is 55.1 cm³/mol. The van der Waals surface area contributed by atoms with Crippen molar-refractivity contribution in [3.8, 4) is 0 Å². The van der Waals surface area contributed by atoms with E-state index in [0.717, 1.165) is 25.4 Å². The molecule has 5 heteroatoms. The summed E-state index contributed by atoms with van der Waals surface area (Å²) in [7, 11) is 3.47. The van der Waals surface area contributed by atoms with E-state index in [2.05, 4.69) is 24.0 Å². The molecule has 64 valence electrons. The van der Waals surface area contributed by atoms with Crippen LogP contribution in [0.4, 0.5) is 0 Å². The minimum absolute atomic E-state index is 0.162. The molecule has 0 heterocycles. The first kappa shape index (κ1) is 11.6. The largest absolute Gasteiger partial charge is 0.481 e. The summed E-state index contributed by atoms with van der Waals surface area (Å²) in [6.45, 7) is 0. The van der Waals surface area contributed by atoms with E-state index >= 15 is 0 Å². The van der Waals surface area contributed by atoms with Gasteiger partial charge in [-0.3, -0.25) is 4.79 Å². The molecule has 0 fully saturated rings. The molecule has 0 aromatic carbocycles. The van der Waals surface area contributed by atoms with Crippen LogP contribution in [0.3, 0.4) is 0 Å². The molecule has 0 radical (unpaired) electrons. The molecule has 0 saturated heterocycles. The van der Waals surface area contributed by atoms with Gasteiger partial charge in [-0.2, -0.15) is 0 Å². The fourth-order valence-corrected chi connectivity index (χ4v) is 2.43. The third-order valence-corrected chi connectivity index (χ3v) is 3.69. The molecule has 1 atom stereocenters. The Labute approximate surface area is 77.9 Å². The minimum Gasteiger partial charge on any atom is -0.481 e. The summed E-state index contributed by atoms with van der Waals surface area (Å²) >= 11 is 3.42. The molecular formula is C6H12BrO2P2+. The van der Waals surface area contributed by atoms with Crippen molar-refractivity contribution in [2.24, 2.45) is 0 Å². The van der Waals surface area contributed by atoms with Crippen LogP contribution in [0, 0.1) is 0 Å². The highest BCUT2D eigenvalue weighted by Gasteiger charge is 2.01. The number of hydrogen-bond donors (Lipinski definition) is 1. The van der Waals surface area contributed by atoms with E-state index in [4.69, 9.17) is 5.11 Å². The van der Waals surface area contributed by atoms with Gasteiger partial charge in [0.25, 0.3) is 0 Å². The number of unbranched alkanes of at least 4 members (excludes halogenated alkanes) is 2. The van der Waals surface area contributed by atoms with Gasteiger partial charge in [0.2, 0.25) is 15.5 Å². The molecule has 0 aromatic rings. The van der Waals surface area contributed by atoms with Gasteiger partial charge in [-0.1, -0.05) is 0 Å². The summed E-state index contributed by atoms with van der Waals surface area (Å²) in [6, 6.07) is 0. The first-order valence-corrected chi connectivity index (χ1v) is 8.38. The van der Waals surface area contributed by atoms with Crippen LogP contribution in [-0.2, 0) is 4.79 Å². The van der Waals surface area contributed by atoms with Gasteiger partial charge in [0.1, 0.15) is 14.7 Å². The van der Waals surface area contributed by atoms with Crippen LogP contribution in [0.25, 0.3) is 0 Å². The van der Waals surface area contributed by atoms with Gasteiger partial charge >= 0.3 is 5.97 Å². The van der Waals surface area contributed by atoms with Gasteiger partial charge < -0.3 is 5.11 Å². The van der Waals surface area contributed by atoms with Crippen molar-refractivity contribution >= 4 is 35.9 Å². The van der Waals surface area contributed by atoms with Crippen LogP contribution in [0.15, 0.2) is 0 Å². The van der Waals surface area contributed by atoms with E-state index in [1.807, 2.05) is 0 Å². The molecule has 0 bridgehead atoms. The number of carboxylic acids is 1. The summed E-state index contributed by atoms with van der Waals surface area (Å²) in [5.41, 5.74) is 0. The first-order chi connectivity index (χ1) is 5.13. The predicted octanol–water partition coefficient (Wildman–Crippen LogP) is 3.48. The summed E-state index contributed by atoms with van der Waals surface area (Å²) in [4.78, 5) is 10.1. The fraction of sp³-hybridized carbons (Fsp3) is 0.833. The molecule has 0 saturated carbocycles. The molecule has 0 aliphatic rings. The standard InChI is InChI=1S/C6H11BrO2P2/c7-11(10)5-3-1-2-4-6(8)9/h10H,1-5H2/p+1. The van der Waals surface area contributed by atoms with Crippen LogP contribution < -0.4 is 0 Å². The van der Waals surface area contributed by atoms with Gasteiger partial charge in [0, 0.05) is 6.42 Å². The van der Waals surface area contributed by atoms with E-state index < -0.39 is 5.97 Å². The maximum atomic E-state index is 10.1. The molecule has 0 spiro atoms. The monoisotopic (exact) mass is 257 g/mol. The fourth-order valence-electron chi connectivity index (χ4n) is 0.704. The van der Waals surface area contributed by atoms with Crippen LogP contribution in [0.2, 0.25) is 0 Å². The lowest BCUT2D eigenvalue weighted by Gasteiger charge is -1.92. The van der Waals surface area contributed by atoms with Crippen molar-refractivity contribution in [2.45, 2.75) is 25.7 Å². The summed E-state index contributed by atoms with van der Waals surface area (Å²) < 4.78 is 0. The van der Waals surface area contributed by atoms with Crippen molar-refractivity contribution < 1.29 is 9.90 Å². The van der Waals surface area contributed by atoms with E-state index in [0.29, 0.717) is 6.42 Å². The average molecular weight is 258 g/mol. The first-order valence-electron chi connectivity index (χ1n) is 3.49. The second kappa shape index (κ2) is 7.21. The Morgan fingerprint density at radius 2 is 2.09 bits per heavy atom. The molecule has 0 aliphatic carbocycles. The van der Waals surface area contributed by atoms with Crippen molar-refractivity contribution in [3.63, 3.8) is 0 Å². The highest BCUT2D eigenvalue weighted by molar-refractivity contribution is 9.40. The Morgan fingerprint density at radius 1 is 1.45 bits per heavy atom. The third-order valence-electron chi connectivity index (χ3n) is 1.25. The molecule has 0 aliphatic heterocycles. The number of aliphatic carboxylic acids is 1. The normalized spacial score (nSPS) is 11.2. The Balaban J connectivity index is 3.03. The minimum atomic E-state index is -0.690. The van der Waals surface area contributed by atoms with Crippen molar-refractivity contribution in [3.05, 3.63) is 0 Å². The van der Waals surface area contributed by atoms with Crippen molar-refractivity contribution in [2.75, 3.05) is 6.16 Å². The molecule has 1 N–H and O–H groups in total. The molecule has 0 aromatic heterocycles. The van der Waals surface area contributed by atoms with Crippen LogP contribution in [0.5, 0.6) is 0 Å². The summed E-state index contributed by atoms with van der Waals surface area (Å²) in [5.74, 6) is -0.852. The van der Waals surface area contributed by atoms with E-state index in [1.165, 1.54) is 0 Å². The van der Waals surface area contributed by atoms with Crippen LogP contribution in [-0.4, -0.2) is 17.2 Å². The number of hydrogen-bond acceptors (Lipinski definition) is 1. The lowest BCUT2D eigenvalue weighted by molar-refractivity contribution is -0.137. The molecule has 1 unspecified atom stereocenters. The molecule has 0 amide bonds. The summed E-state index contributed by atoms with van der Waals surface area (Å²) in [5, 5.41) is 8.31. The highest BCUT2D eigenvalue weighted by atomic mass is 79.9. The summed E-state index contributed by atoms with van der Waals surface area (Å²) in [6.07, 6.45) is 4.35. The average Bonchev–Trinajstić information content (AvgIpc) is 1.85. The Hall–Kier alpha value is 0.550. The maximum Gasteiger partial charge on any atom is 0.303 e. The van der Waals surface area contributed by atoms with Crippen LogP contribution in [0.1, 0.15) is 25.7 Å². The van der Waals surface area contributed by atoms with Crippen molar-refractivity contribution in [1.82, 2.24) is 0 Å². The third kappa shape index (κ3) is 10.6. The van der Waals surface area contributed by atoms with Gasteiger partial charge in [-0.05, 0) is 19.3 Å². The molecule has 11 heavy (non-hydrogen) atoms. The van der Waals surface area contributed by atoms with Gasteiger partial charge in [-0.15, -0.1) is 0 Å². The number of carboxylic acid groups (broad SMARTS) is 1. The van der Waals surface area contributed by atoms with E-state index in [-0.39, 0.29) is 5.91 Å². The SMILES string of the molecule is O=C(O)CCCCC[P+](=P)Br. The van der Waals surface area contributed by atoms with Gasteiger partial charge in [-0.25, -0.2) is 0 Å². The molecular weight excluding hydrogens is 246 g/mol. The lowest BCUT2D eigenvalue weighted by atomic mass is 10.2. The quantitative estimate of drug-likeness (QED) is 0.584. The number of carbonyl (C=O) groups is 1. The van der Waals surface area contributed by atoms with E-state index in [9.17, 15) is 4.79 Å².